The number of aromatic nitrogens is 1. The number of halogens is 1. The topological polar surface area (TPSA) is 88.6 Å². The van der Waals surface area contributed by atoms with Gasteiger partial charge in [0.2, 0.25) is 21.8 Å². The Labute approximate surface area is 185 Å². The monoisotopic (exact) mass is 455 g/mol. The van der Waals surface area contributed by atoms with Crippen LogP contribution in [0.1, 0.15) is 18.4 Å². The van der Waals surface area contributed by atoms with Crippen molar-refractivity contribution in [2.75, 3.05) is 6.54 Å². The molecule has 1 aromatic heterocycles. The number of carbonyl (C=O) groups is 1. The molecular weight excluding hydrogens is 433 g/mol. The van der Waals surface area contributed by atoms with Crippen LogP contribution in [-0.2, 0) is 21.4 Å². The molecule has 1 N–H and O–H groups in total. The molecule has 0 spiro atoms. The Hall–Kier alpha value is -3.30. The molecule has 166 valence electrons. The summed E-state index contributed by atoms with van der Waals surface area (Å²) < 4.78 is 45.9. The summed E-state index contributed by atoms with van der Waals surface area (Å²) in [5.41, 5.74) is 0.723. The van der Waals surface area contributed by atoms with Crippen molar-refractivity contribution in [3.8, 4) is 11.6 Å². The molecule has 3 aromatic rings. The van der Waals surface area contributed by atoms with Gasteiger partial charge in [0.15, 0.2) is 0 Å². The standard InChI is InChI=1S/C23H22FN3O4S/c24-18-6-4-7-19(14-18)31-22-12-11-17(15-25-22)16-26-23(28)21-10-5-13-27(21)32(29,30)20-8-2-1-3-9-20/h1-4,6-9,11-12,14-15,21H,5,10,13,16H2,(H,26,28). The molecule has 1 fully saturated rings. The first-order chi connectivity index (χ1) is 15.4. The second-order valence-corrected chi connectivity index (χ2v) is 9.26. The third kappa shape index (κ3) is 4.95. The second-order valence-electron chi connectivity index (χ2n) is 7.37. The van der Waals surface area contributed by atoms with E-state index in [-0.39, 0.29) is 17.3 Å². The molecule has 1 atom stereocenters. The zero-order chi connectivity index (χ0) is 22.6. The van der Waals surface area contributed by atoms with Gasteiger partial charge in [0.05, 0.1) is 4.90 Å². The fraction of sp³-hybridized carbons (Fsp3) is 0.217. The Balaban J connectivity index is 1.37. The van der Waals surface area contributed by atoms with Gasteiger partial charge in [-0.25, -0.2) is 17.8 Å². The van der Waals surface area contributed by atoms with Crippen LogP contribution in [0.2, 0.25) is 0 Å². The maximum absolute atomic E-state index is 13.3. The van der Waals surface area contributed by atoms with Gasteiger partial charge in [-0.3, -0.25) is 4.79 Å². The van der Waals surface area contributed by atoms with Crippen molar-refractivity contribution >= 4 is 15.9 Å². The number of ether oxygens (including phenoxy) is 1. The maximum atomic E-state index is 13.3. The van der Waals surface area contributed by atoms with Crippen molar-refractivity contribution in [1.29, 1.82) is 0 Å². The van der Waals surface area contributed by atoms with Gasteiger partial charge in [-0.05, 0) is 42.7 Å². The van der Waals surface area contributed by atoms with Crippen molar-refractivity contribution < 1.29 is 22.3 Å². The minimum atomic E-state index is -3.74. The molecule has 0 aliphatic carbocycles. The van der Waals surface area contributed by atoms with Crippen molar-refractivity contribution in [1.82, 2.24) is 14.6 Å². The third-order valence-corrected chi connectivity index (χ3v) is 7.06. The third-order valence-electron chi connectivity index (χ3n) is 5.14. The molecule has 2 heterocycles. The Morgan fingerprint density at radius 1 is 1.12 bits per heavy atom. The van der Waals surface area contributed by atoms with Gasteiger partial charge in [0.1, 0.15) is 17.6 Å². The summed E-state index contributed by atoms with van der Waals surface area (Å²) in [6, 6.07) is 16.5. The van der Waals surface area contributed by atoms with Crippen LogP contribution in [-0.4, -0.2) is 36.2 Å². The van der Waals surface area contributed by atoms with Gasteiger partial charge in [-0.15, -0.1) is 0 Å². The SMILES string of the molecule is O=C(NCc1ccc(Oc2cccc(F)c2)nc1)C1CCCN1S(=O)(=O)c1ccccc1. The van der Waals surface area contributed by atoms with Crippen LogP contribution in [0.15, 0.2) is 77.8 Å². The van der Waals surface area contributed by atoms with E-state index in [1.807, 2.05) is 0 Å². The van der Waals surface area contributed by atoms with E-state index in [2.05, 4.69) is 10.3 Å². The number of nitrogens with one attached hydrogen (secondary N) is 1. The lowest BCUT2D eigenvalue weighted by Gasteiger charge is -2.23. The molecule has 0 bridgehead atoms. The number of sulfonamides is 1. The predicted octanol–water partition coefficient (Wildman–Crippen LogP) is 3.48. The molecular formula is C23H22FN3O4S. The van der Waals surface area contributed by atoms with Crippen molar-refractivity contribution in [3.05, 3.63) is 84.3 Å². The van der Waals surface area contributed by atoms with Crippen LogP contribution in [0.3, 0.4) is 0 Å². The maximum Gasteiger partial charge on any atom is 0.243 e. The van der Waals surface area contributed by atoms with E-state index in [0.29, 0.717) is 31.0 Å². The molecule has 1 saturated heterocycles. The minimum absolute atomic E-state index is 0.179. The predicted molar refractivity (Wildman–Crippen MR) is 116 cm³/mol. The molecule has 1 aliphatic rings. The normalized spacial score (nSPS) is 16.6. The number of carbonyl (C=O) groups excluding carboxylic acids is 1. The lowest BCUT2D eigenvalue weighted by atomic mass is 10.2. The Kier molecular flexibility index (Phi) is 6.48. The van der Waals surface area contributed by atoms with Crippen LogP contribution in [0, 0.1) is 5.82 Å². The number of pyridine rings is 1. The van der Waals surface area contributed by atoms with E-state index in [4.69, 9.17) is 4.74 Å². The average Bonchev–Trinajstić information content (AvgIpc) is 3.30. The van der Waals surface area contributed by atoms with Gasteiger partial charge in [0.25, 0.3) is 0 Å². The number of amides is 1. The summed E-state index contributed by atoms with van der Waals surface area (Å²) in [7, 11) is -3.74. The van der Waals surface area contributed by atoms with Gasteiger partial charge in [-0.2, -0.15) is 4.31 Å². The van der Waals surface area contributed by atoms with Crippen LogP contribution in [0.25, 0.3) is 0 Å². The molecule has 2 aromatic carbocycles. The van der Waals surface area contributed by atoms with Crippen LogP contribution >= 0.6 is 0 Å². The highest BCUT2D eigenvalue weighted by Crippen LogP contribution is 2.26. The highest BCUT2D eigenvalue weighted by Gasteiger charge is 2.39. The average molecular weight is 456 g/mol. The zero-order valence-electron chi connectivity index (χ0n) is 17.1. The van der Waals surface area contributed by atoms with Gasteiger partial charge >= 0.3 is 0 Å². The number of hydrogen-bond donors (Lipinski definition) is 1. The fourth-order valence-electron chi connectivity index (χ4n) is 3.55. The van der Waals surface area contributed by atoms with Crippen molar-refractivity contribution in [2.45, 2.75) is 30.3 Å². The van der Waals surface area contributed by atoms with Crippen LogP contribution in [0.5, 0.6) is 11.6 Å². The minimum Gasteiger partial charge on any atom is -0.439 e. The zero-order valence-corrected chi connectivity index (χ0v) is 18.0. The Bertz CT molecular complexity index is 1190. The summed E-state index contributed by atoms with van der Waals surface area (Å²) >= 11 is 0. The van der Waals surface area contributed by atoms with Crippen LogP contribution in [0.4, 0.5) is 4.39 Å². The van der Waals surface area contributed by atoms with E-state index >= 15 is 0 Å². The summed E-state index contributed by atoms with van der Waals surface area (Å²) in [6.45, 7) is 0.505. The molecule has 0 saturated carbocycles. The first-order valence-corrected chi connectivity index (χ1v) is 11.6. The Morgan fingerprint density at radius 3 is 2.66 bits per heavy atom. The summed E-state index contributed by atoms with van der Waals surface area (Å²) in [5, 5.41) is 2.80. The highest BCUT2D eigenvalue weighted by atomic mass is 32.2. The lowest BCUT2D eigenvalue weighted by molar-refractivity contribution is -0.124. The molecule has 7 nitrogen and oxygen atoms in total. The van der Waals surface area contributed by atoms with Crippen molar-refractivity contribution in [3.63, 3.8) is 0 Å². The van der Waals surface area contributed by atoms with Gasteiger partial charge in [0, 0.05) is 31.4 Å². The Morgan fingerprint density at radius 2 is 1.94 bits per heavy atom. The smallest absolute Gasteiger partial charge is 0.243 e. The first kappa shape index (κ1) is 21.9. The summed E-state index contributed by atoms with van der Waals surface area (Å²) in [5.74, 6) is -0.125. The number of rotatable bonds is 7. The van der Waals surface area contributed by atoms with E-state index < -0.39 is 21.9 Å². The second kappa shape index (κ2) is 9.46. The molecule has 32 heavy (non-hydrogen) atoms. The van der Waals surface area contributed by atoms with Gasteiger partial charge in [-0.1, -0.05) is 30.3 Å². The van der Waals surface area contributed by atoms with E-state index in [0.717, 1.165) is 5.56 Å². The first-order valence-electron chi connectivity index (χ1n) is 10.2. The molecule has 0 radical (unpaired) electrons. The van der Waals surface area contributed by atoms with Crippen molar-refractivity contribution in [2.24, 2.45) is 0 Å². The molecule has 1 amide bonds. The summed E-state index contributed by atoms with van der Waals surface area (Å²) in [4.78, 5) is 17.1. The molecule has 1 aliphatic heterocycles. The lowest BCUT2D eigenvalue weighted by Crippen LogP contribution is -2.45. The molecule has 1 unspecified atom stereocenters. The highest BCUT2D eigenvalue weighted by molar-refractivity contribution is 7.89. The number of hydrogen-bond acceptors (Lipinski definition) is 5. The summed E-state index contributed by atoms with van der Waals surface area (Å²) in [6.07, 6.45) is 2.64. The quantitative estimate of drug-likeness (QED) is 0.589. The largest absolute Gasteiger partial charge is 0.439 e. The van der Waals surface area contributed by atoms with Crippen LogP contribution < -0.4 is 10.1 Å². The number of nitrogens with zero attached hydrogens (tertiary/aromatic N) is 2. The van der Waals surface area contributed by atoms with E-state index in [1.165, 1.54) is 28.6 Å². The van der Waals surface area contributed by atoms with Gasteiger partial charge < -0.3 is 10.1 Å². The molecule has 4 rings (SSSR count). The molecule has 9 heteroatoms. The fourth-order valence-corrected chi connectivity index (χ4v) is 5.23. The van der Waals surface area contributed by atoms with E-state index in [9.17, 15) is 17.6 Å². The van der Waals surface area contributed by atoms with E-state index in [1.54, 1.807) is 48.7 Å². The number of benzene rings is 2.